The van der Waals surface area contributed by atoms with Gasteiger partial charge in [-0.15, -0.1) is 0 Å². The Hall–Kier alpha value is -1.59. The molecule has 0 aromatic heterocycles. The van der Waals surface area contributed by atoms with E-state index in [9.17, 15) is 14.4 Å². The number of carboxylic acid groups (broad SMARTS) is 2. The van der Waals surface area contributed by atoms with E-state index in [1.807, 2.05) is 6.92 Å². The van der Waals surface area contributed by atoms with Crippen molar-refractivity contribution >= 4 is 17.8 Å². The van der Waals surface area contributed by atoms with Crippen LogP contribution >= 0.6 is 0 Å². The maximum Gasteiger partial charge on any atom is 0.326 e. The highest BCUT2D eigenvalue weighted by atomic mass is 16.4. The quantitative estimate of drug-likeness (QED) is 0.683. The number of aliphatic carboxylic acids is 2. The van der Waals surface area contributed by atoms with Gasteiger partial charge in [0.2, 0.25) is 5.91 Å². The molecular weight excluding hydrogens is 238 g/mol. The minimum absolute atomic E-state index is 0.0705. The molecule has 0 heterocycles. The number of amides is 1. The van der Waals surface area contributed by atoms with E-state index in [-0.39, 0.29) is 18.9 Å². The summed E-state index contributed by atoms with van der Waals surface area (Å²) in [5.74, 6) is -3.23. The zero-order chi connectivity index (χ0) is 14.3. The molecule has 0 saturated carbocycles. The maximum atomic E-state index is 11.8. The summed E-state index contributed by atoms with van der Waals surface area (Å²) in [6, 6.07) is -0.941. The Morgan fingerprint density at radius 3 is 2.00 bits per heavy atom. The van der Waals surface area contributed by atoms with Crippen LogP contribution < -0.4 is 0 Å². The van der Waals surface area contributed by atoms with Gasteiger partial charge < -0.3 is 15.1 Å². The van der Waals surface area contributed by atoms with Crippen LogP contribution in [0.3, 0.4) is 0 Å². The fourth-order valence-corrected chi connectivity index (χ4v) is 1.67. The van der Waals surface area contributed by atoms with Gasteiger partial charge in [-0.05, 0) is 6.42 Å². The number of carbonyl (C=O) groups is 3. The van der Waals surface area contributed by atoms with Crippen LogP contribution in [0, 0.1) is 5.92 Å². The Morgan fingerprint density at radius 1 is 1.11 bits per heavy atom. The molecule has 0 aromatic rings. The molecule has 0 spiro atoms. The van der Waals surface area contributed by atoms with Gasteiger partial charge in [-0.3, -0.25) is 9.59 Å². The van der Waals surface area contributed by atoms with E-state index in [4.69, 9.17) is 10.2 Å². The molecule has 0 aliphatic rings. The van der Waals surface area contributed by atoms with Crippen molar-refractivity contribution in [1.82, 2.24) is 4.90 Å². The van der Waals surface area contributed by atoms with Gasteiger partial charge in [0.25, 0.3) is 0 Å². The molecule has 0 radical (unpaired) electrons. The summed E-state index contributed by atoms with van der Waals surface area (Å²) in [5, 5.41) is 18.0. The average Bonchev–Trinajstić information content (AvgIpc) is 2.31. The van der Waals surface area contributed by atoms with Crippen LogP contribution in [0.4, 0.5) is 0 Å². The molecule has 2 unspecified atom stereocenters. The first-order chi connectivity index (χ1) is 8.34. The normalized spacial score (nSPS) is 13.7. The van der Waals surface area contributed by atoms with Gasteiger partial charge in [-0.2, -0.15) is 0 Å². The number of rotatable bonds is 8. The highest BCUT2D eigenvalue weighted by Crippen LogP contribution is 2.13. The summed E-state index contributed by atoms with van der Waals surface area (Å²) in [4.78, 5) is 34.9. The minimum atomic E-state index is -1.09. The molecule has 6 nitrogen and oxygen atoms in total. The largest absolute Gasteiger partial charge is 0.481 e. The Kier molecular flexibility index (Phi) is 7.00. The molecule has 0 aliphatic heterocycles. The Labute approximate surface area is 107 Å². The van der Waals surface area contributed by atoms with Crippen LogP contribution in [-0.2, 0) is 14.4 Å². The zero-order valence-corrected chi connectivity index (χ0v) is 11.0. The highest BCUT2D eigenvalue weighted by molar-refractivity contribution is 5.84. The van der Waals surface area contributed by atoms with E-state index in [1.54, 1.807) is 6.92 Å². The van der Waals surface area contributed by atoms with Crippen molar-refractivity contribution < 1.29 is 24.6 Å². The molecular formula is C12H21NO5. The smallest absolute Gasteiger partial charge is 0.326 e. The predicted molar refractivity (Wildman–Crippen MR) is 65.1 cm³/mol. The van der Waals surface area contributed by atoms with E-state index in [1.165, 1.54) is 11.8 Å². The van der Waals surface area contributed by atoms with Crippen LogP contribution in [0.15, 0.2) is 0 Å². The zero-order valence-electron chi connectivity index (χ0n) is 11.0. The lowest BCUT2D eigenvalue weighted by Gasteiger charge is -2.30. The third-order valence-corrected chi connectivity index (χ3v) is 2.74. The van der Waals surface area contributed by atoms with Crippen molar-refractivity contribution in [3.05, 3.63) is 0 Å². The molecule has 1 amide bonds. The van der Waals surface area contributed by atoms with Crippen LogP contribution in [0.5, 0.6) is 0 Å². The first-order valence-corrected chi connectivity index (χ1v) is 6.10. The summed E-state index contributed by atoms with van der Waals surface area (Å²) < 4.78 is 0. The van der Waals surface area contributed by atoms with Crippen molar-refractivity contribution in [3.8, 4) is 0 Å². The number of hydrogen-bond acceptors (Lipinski definition) is 3. The fraction of sp³-hybridized carbons (Fsp3) is 0.750. The molecule has 104 valence electrons. The number of carbonyl (C=O) groups excluding carboxylic acids is 1. The second-order valence-electron chi connectivity index (χ2n) is 4.28. The van der Waals surface area contributed by atoms with Gasteiger partial charge in [0.15, 0.2) is 0 Å². The van der Waals surface area contributed by atoms with Gasteiger partial charge in [-0.1, -0.05) is 27.2 Å². The molecule has 0 aromatic carbocycles. The molecule has 6 heteroatoms. The predicted octanol–water partition coefficient (Wildman–Crippen LogP) is 1.20. The SMILES string of the molecule is CCCC(C(=O)O)N(CC(C)C(=O)O)C(=O)CC. The topological polar surface area (TPSA) is 94.9 Å². The third-order valence-electron chi connectivity index (χ3n) is 2.74. The van der Waals surface area contributed by atoms with Crippen molar-refractivity contribution in [2.45, 2.75) is 46.1 Å². The second kappa shape index (κ2) is 7.68. The second-order valence-corrected chi connectivity index (χ2v) is 4.28. The molecule has 0 rings (SSSR count). The van der Waals surface area contributed by atoms with Crippen molar-refractivity contribution in [2.24, 2.45) is 5.92 Å². The van der Waals surface area contributed by atoms with E-state index >= 15 is 0 Å². The first-order valence-electron chi connectivity index (χ1n) is 6.10. The summed E-state index contributed by atoms with van der Waals surface area (Å²) in [7, 11) is 0. The molecule has 0 bridgehead atoms. The van der Waals surface area contributed by atoms with E-state index < -0.39 is 23.9 Å². The van der Waals surface area contributed by atoms with Crippen LogP contribution in [0.25, 0.3) is 0 Å². The summed E-state index contributed by atoms with van der Waals surface area (Å²) in [6.07, 6.45) is 1.11. The number of hydrogen-bond donors (Lipinski definition) is 2. The lowest BCUT2D eigenvalue weighted by Crippen LogP contribution is -2.47. The average molecular weight is 259 g/mol. The Morgan fingerprint density at radius 2 is 1.67 bits per heavy atom. The molecule has 0 aliphatic carbocycles. The van der Waals surface area contributed by atoms with Gasteiger partial charge in [0.1, 0.15) is 6.04 Å². The maximum absolute atomic E-state index is 11.8. The van der Waals surface area contributed by atoms with Gasteiger partial charge in [-0.25, -0.2) is 4.79 Å². The fourth-order valence-electron chi connectivity index (χ4n) is 1.67. The molecule has 2 atom stereocenters. The number of carboxylic acids is 2. The Balaban J connectivity index is 5.00. The van der Waals surface area contributed by atoms with Crippen LogP contribution in [-0.4, -0.2) is 45.5 Å². The number of nitrogens with zero attached hydrogens (tertiary/aromatic N) is 1. The van der Waals surface area contributed by atoms with E-state index in [0.717, 1.165) is 0 Å². The lowest BCUT2D eigenvalue weighted by molar-refractivity contribution is -0.153. The van der Waals surface area contributed by atoms with Crippen molar-refractivity contribution in [3.63, 3.8) is 0 Å². The molecule has 2 N–H and O–H groups in total. The lowest BCUT2D eigenvalue weighted by atomic mass is 10.1. The van der Waals surface area contributed by atoms with Gasteiger partial charge in [0, 0.05) is 13.0 Å². The van der Waals surface area contributed by atoms with E-state index in [2.05, 4.69) is 0 Å². The summed E-state index contributed by atoms with van der Waals surface area (Å²) >= 11 is 0. The molecule has 0 fully saturated rings. The van der Waals surface area contributed by atoms with Crippen molar-refractivity contribution in [2.75, 3.05) is 6.54 Å². The van der Waals surface area contributed by atoms with E-state index in [0.29, 0.717) is 12.8 Å². The third kappa shape index (κ3) is 4.73. The van der Waals surface area contributed by atoms with Crippen LogP contribution in [0.2, 0.25) is 0 Å². The van der Waals surface area contributed by atoms with Gasteiger partial charge in [0.05, 0.1) is 5.92 Å². The summed E-state index contributed by atoms with van der Waals surface area (Å²) in [5.41, 5.74) is 0. The monoisotopic (exact) mass is 259 g/mol. The molecule has 0 saturated heterocycles. The van der Waals surface area contributed by atoms with Crippen molar-refractivity contribution in [1.29, 1.82) is 0 Å². The van der Waals surface area contributed by atoms with Crippen LogP contribution in [0.1, 0.15) is 40.0 Å². The Bertz CT molecular complexity index is 316. The summed E-state index contributed by atoms with van der Waals surface area (Å²) in [6.45, 7) is 4.85. The molecule has 18 heavy (non-hydrogen) atoms. The van der Waals surface area contributed by atoms with Gasteiger partial charge >= 0.3 is 11.9 Å². The first kappa shape index (κ1) is 16.4. The minimum Gasteiger partial charge on any atom is -0.481 e. The highest BCUT2D eigenvalue weighted by Gasteiger charge is 2.30. The standard InChI is InChI=1S/C12H21NO5/c1-4-6-9(12(17)18)13(10(14)5-2)7-8(3)11(15)16/h8-9H,4-7H2,1-3H3,(H,15,16)(H,17,18).